The number of nitro groups is 1. The molecule has 0 atom stereocenters. The van der Waals surface area contributed by atoms with E-state index in [-0.39, 0.29) is 10.6 Å². The summed E-state index contributed by atoms with van der Waals surface area (Å²) in [6, 6.07) is 13.5. The van der Waals surface area contributed by atoms with Gasteiger partial charge < -0.3 is 0 Å². The quantitative estimate of drug-likeness (QED) is 0.518. The van der Waals surface area contributed by atoms with Gasteiger partial charge in [0.25, 0.3) is 15.7 Å². The fourth-order valence-corrected chi connectivity index (χ4v) is 2.30. The minimum atomic E-state index is -3.84. The Bertz CT molecular complexity index is 756. The Morgan fingerprint density at radius 2 is 1.67 bits per heavy atom. The van der Waals surface area contributed by atoms with E-state index in [1.807, 2.05) is 10.9 Å². The second kappa shape index (κ2) is 6.14. The summed E-state index contributed by atoms with van der Waals surface area (Å²) < 4.78 is 23.8. The third-order valence-electron chi connectivity index (χ3n) is 2.54. The van der Waals surface area contributed by atoms with Gasteiger partial charge in [0.05, 0.1) is 16.0 Å². The van der Waals surface area contributed by atoms with E-state index in [1.54, 1.807) is 24.3 Å². The molecule has 0 spiro atoms. The van der Waals surface area contributed by atoms with Crippen molar-refractivity contribution >= 4 is 21.9 Å². The number of hydrazone groups is 1. The van der Waals surface area contributed by atoms with E-state index in [2.05, 4.69) is 5.10 Å². The second-order valence-corrected chi connectivity index (χ2v) is 5.68. The molecule has 0 saturated carbocycles. The van der Waals surface area contributed by atoms with Crippen LogP contribution in [0.25, 0.3) is 0 Å². The van der Waals surface area contributed by atoms with Gasteiger partial charge >= 0.3 is 0 Å². The SMILES string of the molecule is O=[N+]([O-])c1ccc(S(=O)(=O)NN=Cc2ccccc2)cc1. The zero-order valence-corrected chi connectivity index (χ0v) is 11.5. The number of hydrogen-bond acceptors (Lipinski definition) is 5. The molecule has 0 unspecified atom stereocenters. The van der Waals surface area contributed by atoms with Crippen molar-refractivity contribution in [1.29, 1.82) is 0 Å². The highest BCUT2D eigenvalue weighted by atomic mass is 32.2. The van der Waals surface area contributed by atoms with Crippen LogP contribution in [0.3, 0.4) is 0 Å². The lowest BCUT2D eigenvalue weighted by Gasteiger charge is -2.02. The Labute approximate surface area is 121 Å². The Balaban J connectivity index is 2.11. The summed E-state index contributed by atoms with van der Waals surface area (Å²) in [5, 5.41) is 14.2. The highest BCUT2D eigenvalue weighted by Crippen LogP contribution is 2.15. The molecule has 7 nitrogen and oxygen atoms in total. The lowest BCUT2D eigenvalue weighted by molar-refractivity contribution is -0.384. The van der Waals surface area contributed by atoms with E-state index >= 15 is 0 Å². The number of hydrogen-bond donors (Lipinski definition) is 1. The molecule has 0 radical (unpaired) electrons. The lowest BCUT2D eigenvalue weighted by atomic mass is 10.2. The zero-order valence-electron chi connectivity index (χ0n) is 10.7. The maximum atomic E-state index is 11.9. The first-order valence-corrected chi connectivity index (χ1v) is 7.32. The van der Waals surface area contributed by atoms with E-state index in [0.717, 1.165) is 29.8 Å². The number of sulfonamides is 1. The Morgan fingerprint density at radius 3 is 2.24 bits per heavy atom. The predicted octanol–water partition coefficient (Wildman–Crippen LogP) is 1.91. The number of rotatable bonds is 5. The van der Waals surface area contributed by atoms with Crippen LogP contribution in [0.15, 0.2) is 64.6 Å². The van der Waals surface area contributed by atoms with E-state index in [1.165, 1.54) is 6.21 Å². The van der Waals surface area contributed by atoms with Crippen LogP contribution in [0, 0.1) is 10.1 Å². The first kappa shape index (κ1) is 14.7. The fourth-order valence-electron chi connectivity index (χ4n) is 1.51. The highest BCUT2D eigenvalue weighted by Gasteiger charge is 2.14. The maximum absolute atomic E-state index is 11.9. The van der Waals surface area contributed by atoms with Crippen molar-refractivity contribution in [3.8, 4) is 0 Å². The van der Waals surface area contributed by atoms with Crippen LogP contribution in [0.1, 0.15) is 5.56 Å². The Hall–Kier alpha value is -2.74. The lowest BCUT2D eigenvalue weighted by Crippen LogP contribution is -2.18. The van der Waals surface area contributed by atoms with Crippen molar-refractivity contribution in [2.75, 3.05) is 0 Å². The number of nitro benzene ring substituents is 1. The summed E-state index contributed by atoms with van der Waals surface area (Å²) in [5.41, 5.74) is 0.561. The van der Waals surface area contributed by atoms with Crippen LogP contribution < -0.4 is 4.83 Å². The molecular weight excluding hydrogens is 294 g/mol. The minimum absolute atomic E-state index is 0.0988. The summed E-state index contributed by atoms with van der Waals surface area (Å²) in [7, 11) is -3.84. The van der Waals surface area contributed by atoms with Crippen molar-refractivity contribution < 1.29 is 13.3 Å². The first-order chi connectivity index (χ1) is 9.99. The minimum Gasteiger partial charge on any atom is -0.258 e. The van der Waals surface area contributed by atoms with Gasteiger partial charge in [-0.15, -0.1) is 0 Å². The van der Waals surface area contributed by atoms with Gasteiger partial charge in [-0.1, -0.05) is 30.3 Å². The second-order valence-electron chi connectivity index (χ2n) is 4.01. The van der Waals surface area contributed by atoms with Crippen LogP contribution >= 0.6 is 0 Å². The molecule has 0 aliphatic carbocycles. The van der Waals surface area contributed by atoms with Gasteiger partial charge in [-0.2, -0.15) is 13.5 Å². The monoisotopic (exact) mass is 305 g/mol. The number of nitrogens with one attached hydrogen (secondary N) is 1. The molecule has 2 rings (SSSR count). The number of nitrogens with zero attached hydrogens (tertiary/aromatic N) is 2. The van der Waals surface area contributed by atoms with Gasteiger partial charge in [0.2, 0.25) is 0 Å². The van der Waals surface area contributed by atoms with Crippen molar-refractivity contribution in [2.45, 2.75) is 4.90 Å². The molecule has 1 N–H and O–H groups in total. The Kier molecular flexibility index (Phi) is 4.29. The average molecular weight is 305 g/mol. The molecule has 0 saturated heterocycles. The molecule has 0 bridgehead atoms. The topological polar surface area (TPSA) is 102 Å². The normalized spacial score (nSPS) is 11.4. The van der Waals surface area contributed by atoms with Crippen molar-refractivity contribution in [3.63, 3.8) is 0 Å². The summed E-state index contributed by atoms with van der Waals surface area (Å²) in [6.45, 7) is 0. The van der Waals surface area contributed by atoms with Crippen molar-refractivity contribution in [1.82, 2.24) is 4.83 Å². The first-order valence-electron chi connectivity index (χ1n) is 5.83. The van der Waals surface area contributed by atoms with Crippen LogP contribution in [0.5, 0.6) is 0 Å². The molecule has 0 amide bonds. The molecule has 0 aromatic heterocycles. The molecule has 108 valence electrons. The largest absolute Gasteiger partial charge is 0.276 e. The maximum Gasteiger partial charge on any atom is 0.276 e. The van der Waals surface area contributed by atoms with Gasteiger partial charge in [0, 0.05) is 12.1 Å². The molecule has 2 aromatic rings. The molecule has 2 aromatic carbocycles. The van der Waals surface area contributed by atoms with Crippen molar-refractivity contribution in [3.05, 3.63) is 70.3 Å². The number of benzene rings is 2. The van der Waals surface area contributed by atoms with Crippen molar-refractivity contribution in [2.24, 2.45) is 5.10 Å². The molecule has 0 heterocycles. The zero-order chi connectivity index (χ0) is 15.3. The van der Waals surface area contributed by atoms with E-state index < -0.39 is 14.9 Å². The third-order valence-corrected chi connectivity index (χ3v) is 3.78. The molecular formula is C13H11N3O4S. The summed E-state index contributed by atoms with van der Waals surface area (Å²) in [5.74, 6) is 0. The predicted molar refractivity (Wildman–Crippen MR) is 77.5 cm³/mol. The van der Waals surface area contributed by atoms with Crippen LogP contribution in [0.2, 0.25) is 0 Å². The van der Waals surface area contributed by atoms with E-state index in [4.69, 9.17) is 0 Å². The van der Waals surface area contributed by atoms with Gasteiger partial charge in [-0.25, -0.2) is 4.83 Å². The average Bonchev–Trinajstić information content (AvgIpc) is 2.48. The smallest absolute Gasteiger partial charge is 0.258 e. The van der Waals surface area contributed by atoms with E-state index in [0.29, 0.717) is 0 Å². The van der Waals surface area contributed by atoms with Gasteiger partial charge in [-0.3, -0.25) is 10.1 Å². The molecule has 0 aliphatic heterocycles. The standard InChI is InChI=1S/C13H11N3O4S/c17-16(18)12-6-8-13(9-7-12)21(19,20)15-14-10-11-4-2-1-3-5-11/h1-10,15H. The molecule has 0 fully saturated rings. The Morgan fingerprint density at radius 1 is 1.05 bits per heavy atom. The molecule has 8 heteroatoms. The molecule has 0 aliphatic rings. The summed E-state index contributed by atoms with van der Waals surface area (Å²) in [6.07, 6.45) is 1.36. The van der Waals surface area contributed by atoms with Gasteiger partial charge in [0.15, 0.2) is 0 Å². The van der Waals surface area contributed by atoms with Crippen LogP contribution in [-0.4, -0.2) is 19.6 Å². The molecule has 21 heavy (non-hydrogen) atoms. The summed E-state index contributed by atoms with van der Waals surface area (Å²) in [4.78, 5) is 11.9. The van der Waals surface area contributed by atoms with Gasteiger partial charge in [0.1, 0.15) is 0 Å². The number of non-ortho nitro benzene ring substituents is 1. The highest BCUT2D eigenvalue weighted by molar-refractivity contribution is 7.89. The summed E-state index contributed by atoms with van der Waals surface area (Å²) >= 11 is 0. The van der Waals surface area contributed by atoms with E-state index in [9.17, 15) is 18.5 Å². The third kappa shape index (κ3) is 3.86. The van der Waals surface area contributed by atoms with Gasteiger partial charge in [-0.05, 0) is 17.7 Å². The van der Waals surface area contributed by atoms with Crippen LogP contribution in [-0.2, 0) is 10.0 Å². The van der Waals surface area contributed by atoms with Crippen LogP contribution in [0.4, 0.5) is 5.69 Å². The fraction of sp³-hybridized carbons (Fsp3) is 0.